The van der Waals surface area contributed by atoms with Crippen LogP contribution in [0.1, 0.15) is 38.7 Å². The molecule has 0 aromatic carbocycles. The van der Waals surface area contributed by atoms with Crippen LogP contribution in [0.15, 0.2) is 17.4 Å². The fourth-order valence-corrected chi connectivity index (χ4v) is 2.25. The molecule has 0 aliphatic heterocycles. The molecule has 0 aliphatic rings. The van der Waals surface area contributed by atoms with E-state index >= 15 is 0 Å². The summed E-state index contributed by atoms with van der Waals surface area (Å²) in [4.78, 5) is 4.57. The van der Waals surface area contributed by atoms with Crippen molar-refractivity contribution in [1.29, 1.82) is 0 Å². The molecule has 0 bridgehead atoms. The van der Waals surface area contributed by atoms with Crippen LogP contribution in [0, 0.1) is 5.92 Å². The van der Waals surface area contributed by atoms with E-state index in [1.807, 2.05) is 19.4 Å². The molecule has 120 valence electrons. The van der Waals surface area contributed by atoms with Crippen LogP contribution in [-0.2, 0) is 13.6 Å². The minimum absolute atomic E-state index is 0.246. The Morgan fingerprint density at radius 2 is 2.19 bits per heavy atom. The molecule has 0 radical (unpaired) electrons. The van der Waals surface area contributed by atoms with E-state index in [0.717, 1.165) is 43.9 Å². The summed E-state index contributed by atoms with van der Waals surface area (Å²) < 4.78 is 1.78. The van der Waals surface area contributed by atoms with Crippen molar-refractivity contribution >= 4 is 5.96 Å². The zero-order chi connectivity index (χ0) is 15.5. The second-order valence-electron chi connectivity index (χ2n) is 5.27. The maximum atomic E-state index is 9.10. The summed E-state index contributed by atoms with van der Waals surface area (Å²) in [6.45, 7) is 6.76. The molecule has 0 amide bonds. The molecule has 0 saturated heterocycles. The largest absolute Gasteiger partial charge is 0.396 e. The molecule has 1 atom stereocenters. The van der Waals surface area contributed by atoms with E-state index in [2.05, 4.69) is 34.6 Å². The molecule has 21 heavy (non-hydrogen) atoms. The second kappa shape index (κ2) is 10.2. The predicted octanol–water partition coefficient (Wildman–Crippen LogP) is 1.27. The number of aryl methyl sites for hydroxylation is 1. The Morgan fingerprint density at radius 3 is 2.76 bits per heavy atom. The topological polar surface area (TPSA) is 74.5 Å². The minimum Gasteiger partial charge on any atom is -0.396 e. The smallest absolute Gasteiger partial charge is 0.191 e. The quantitative estimate of drug-likeness (QED) is 0.474. The van der Waals surface area contributed by atoms with Crippen LogP contribution in [0.4, 0.5) is 0 Å². The number of aliphatic hydroxyl groups is 1. The zero-order valence-electron chi connectivity index (χ0n) is 13.5. The molecule has 1 unspecified atom stereocenters. The fourth-order valence-electron chi connectivity index (χ4n) is 2.25. The zero-order valence-corrected chi connectivity index (χ0v) is 13.5. The molecule has 1 rings (SSSR count). The number of aromatic nitrogens is 2. The summed E-state index contributed by atoms with van der Waals surface area (Å²) >= 11 is 0. The first-order chi connectivity index (χ1) is 10.2. The third-order valence-electron chi connectivity index (χ3n) is 3.31. The third-order valence-corrected chi connectivity index (χ3v) is 3.31. The van der Waals surface area contributed by atoms with Crippen molar-refractivity contribution in [3.05, 3.63) is 18.0 Å². The van der Waals surface area contributed by atoms with Gasteiger partial charge in [0.25, 0.3) is 0 Å². The number of nitrogens with one attached hydrogen (secondary N) is 2. The highest BCUT2D eigenvalue weighted by Gasteiger charge is 2.08. The van der Waals surface area contributed by atoms with Crippen molar-refractivity contribution in [2.24, 2.45) is 18.0 Å². The van der Waals surface area contributed by atoms with E-state index in [4.69, 9.17) is 5.11 Å². The van der Waals surface area contributed by atoms with E-state index in [1.54, 1.807) is 4.68 Å². The van der Waals surface area contributed by atoms with Gasteiger partial charge in [0.05, 0.1) is 12.7 Å². The Morgan fingerprint density at radius 1 is 1.38 bits per heavy atom. The lowest BCUT2D eigenvalue weighted by molar-refractivity contribution is 0.251. The molecular formula is C15H29N5O. The molecule has 0 fully saturated rings. The van der Waals surface area contributed by atoms with Crippen LogP contribution >= 0.6 is 0 Å². The summed E-state index contributed by atoms with van der Waals surface area (Å²) in [7, 11) is 1.90. The van der Waals surface area contributed by atoms with E-state index in [0.29, 0.717) is 12.5 Å². The van der Waals surface area contributed by atoms with E-state index < -0.39 is 0 Å². The number of guanidine groups is 1. The summed E-state index contributed by atoms with van der Waals surface area (Å²) in [5.74, 6) is 1.31. The van der Waals surface area contributed by atoms with Gasteiger partial charge >= 0.3 is 0 Å². The highest BCUT2D eigenvalue weighted by atomic mass is 16.3. The Labute approximate surface area is 127 Å². The van der Waals surface area contributed by atoms with Gasteiger partial charge in [-0.2, -0.15) is 5.10 Å². The second-order valence-corrected chi connectivity index (χ2v) is 5.27. The highest BCUT2D eigenvalue weighted by molar-refractivity contribution is 5.79. The Bertz CT molecular complexity index is 410. The van der Waals surface area contributed by atoms with Gasteiger partial charge in [0.1, 0.15) is 0 Å². The average molecular weight is 295 g/mol. The summed E-state index contributed by atoms with van der Waals surface area (Å²) in [5, 5.41) is 19.9. The predicted molar refractivity (Wildman–Crippen MR) is 86.1 cm³/mol. The van der Waals surface area contributed by atoms with Gasteiger partial charge in [0.2, 0.25) is 0 Å². The van der Waals surface area contributed by atoms with Crippen molar-refractivity contribution in [1.82, 2.24) is 20.4 Å². The molecule has 6 nitrogen and oxygen atoms in total. The Balaban J connectivity index is 2.51. The maximum absolute atomic E-state index is 9.10. The molecule has 0 saturated carbocycles. The monoisotopic (exact) mass is 295 g/mol. The van der Waals surface area contributed by atoms with Gasteiger partial charge in [-0.25, -0.2) is 4.99 Å². The normalized spacial score (nSPS) is 13.2. The van der Waals surface area contributed by atoms with Crippen molar-refractivity contribution in [2.75, 3.05) is 19.7 Å². The number of aliphatic imine (C=N–C) groups is 1. The van der Waals surface area contributed by atoms with Gasteiger partial charge in [-0.05, 0) is 25.7 Å². The third kappa shape index (κ3) is 7.13. The molecule has 0 aliphatic carbocycles. The van der Waals surface area contributed by atoms with Gasteiger partial charge in [0, 0.05) is 38.5 Å². The van der Waals surface area contributed by atoms with Gasteiger partial charge in [0.15, 0.2) is 5.96 Å². The number of rotatable bonds is 9. The molecule has 1 heterocycles. The Hall–Kier alpha value is -1.56. The van der Waals surface area contributed by atoms with Crippen LogP contribution in [0.3, 0.4) is 0 Å². The van der Waals surface area contributed by atoms with E-state index in [1.165, 1.54) is 0 Å². The lowest BCUT2D eigenvalue weighted by Gasteiger charge is -2.18. The van der Waals surface area contributed by atoms with E-state index in [-0.39, 0.29) is 6.61 Å². The van der Waals surface area contributed by atoms with Gasteiger partial charge in [-0.1, -0.05) is 13.3 Å². The van der Waals surface area contributed by atoms with Crippen molar-refractivity contribution in [3.8, 4) is 0 Å². The first-order valence-corrected chi connectivity index (χ1v) is 7.80. The molecule has 1 aromatic heterocycles. The number of nitrogens with zero attached hydrogens (tertiary/aromatic N) is 3. The van der Waals surface area contributed by atoms with Crippen molar-refractivity contribution in [2.45, 2.75) is 39.7 Å². The van der Waals surface area contributed by atoms with Crippen LogP contribution in [0.25, 0.3) is 0 Å². The Kier molecular flexibility index (Phi) is 8.50. The lowest BCUT2D eigenvalue weighted by Crippen LogP contribution is -2.40. The highest BCUT2D eigenvalue weighted by Crippen LogP contribution is 2.09. The average Bonchev–Trinajstić information content (AvgIpc) is 2.88. The standard InChI is InChI=1S/C15H29N5O/c1-4-6-13(7-8-21)9-17-15(16-5-2)18-10-14-11-19-20(3)12-14/h11-13,21H,4-10H2,1-3H3,(H2,16,17,18). The number of hydrogen-bond donors (Lipinski definition) is 3. The number of hydrogen-bond acceptors (Lipinski definition) is 3. The first kappa shape index (κ1) is 17.5. The maximum Gasteiger partial charge on any atom is 0.191 e. The first-order valence-electron chi connectivity index (χ1n) is 7.80. The number of aliphatic hydroxyl groups excluding tert-OH is 1. The van der Waals surface area contributed by atoms with Crippen molar-refractivity contribution < 1.29 is 5.11 Å². The molecule has 0 spiro atoms. The SMILES string of the molecule is CCCC(CCO)CNC(=NCc1cnn(C)c1)NCC. The fraction of sp³-hybridized carbons (Fsp3) is 0.733. The van der Waals surface area contributed by atoms with Crippen LogP contribution in [0.5, 0.6) is 0 Å². The minimum atomic E-state index is 0.246. The van der Waals surface area contributed by atoms with Gasteiger partial charge in [-0.3, -0.25) is 4.68 Å². The van der Waals surface area contributed by atoms with Crippen LogP contribution in [-0.4, -0.2) is 40.5 Å². The van der Waals surface area contributed by atoms with Crippen molar-refractivity contribution in [3.63, 3.8) is 0 Å². The van der Waals surface area contributed by atoms with Crippen LogP contribution in [0.2, 0.25) is 0 Å². The van der Waals surface area contributed by atoms with Crippen LogP contribution < -0.4 is 10.6 Å². The summed E-state index contributed by atoms with van der Waals surface area (Å²) in [6.07, 6.45) is 6.89. The lowest BCUT2D eigenvalue weighted by atomic mass is 10.0. The summed E-state index contributed by atoms with van der Waals surface area (Å²) in [6, 6.07) is 0. The summed E-state index contributed by atoms with van der Waals surface area (Å²) in [5.41, 5.74) is 1.09. The molecule has 1 aromatic rings. The van der Waals surface area contributed by atoms with Gasteiger partial charge < -0.3 is 15.7 Å². The van der Waals surface area contributed by atoms with E-state index in [9.17, 15) is 0 Å². The molecular weight excluding hydrogens is 266 g/mol. The van der Waals surface area contributed by atoms with Gasteiger partial charge in [-0.15, -0.1) is 0 Å². The molecule has 3 N–H and O–H groups in total. The molecule has 6 heteroatoms.